The third-order valence-electron chi connectivity index (χ3n) is 7.96. The molecule has 252 valence electrons. The molecule has 4 aromatic rings. The lowest BCUT2D eigenvalue weighted by Crippen LogP contribution is -2.41. The Labute approximate surface area is 282 Å². The first-order valence-electron chi connectivity index (χ1n) is 15.3. The third-order valence-corrected chi connectivity index (χ3v) is 9.71. The largest absolute Gasteiger partial charge is 0.481 e. The summed E-state index contributed by atoms with van der Waals surface area (Å²) in [6.45, 7) is 2.02. The summed E-state index contributed by atoms with van der Waals surface area (Å²) in [7, 11) is -3.52. The normalized spacial score (nSPS) is 13.9. The summed E-state index contributed by atoms with van der Waals surface area (Å²) in [5.74, 6) is -1.94. The van der Waals surface area contributed by atoms with Crippen LogP contribution in [0.25, 0.3) is 22.4 Å². The molecule has 1 saturated heterocycles. The first-order valence-corrected chi connectivity index (χ1v) is 18.0. The molecular weight excluding hydrogens is 657 g/mol. The second kappa shape index (κ2) is 15.4. The molecule has 0 spiro atoms. The molecule has 1 fully saturated rings. The number of amides is 3. The number of carbonyl (C=O) groups excluding carboxylic acids is 3. The van der Waals surface area contributed by atoms with E-state index in [0.717, 1.165) is 32.5 Å². The van der Waals surface area contributed by atoms with Crippen LogP contribution in [0.1, 0.15) is 35.2 Å². The summed E-state index contributed by atoms with van der Waals surface area (Å²) in [6.07, 6.45) is 4.98. The zero-order valence-corrected chi connectivity index (χ0v) is 27.9. The highest BCUT2D eigenvalue weighted by atomic mass is 32.2. The van der Waals surface area contributed by atoms with Gasteiger partial charge in [0.1, 0.15) is 0 Å². The van der Waals surface area contributed by atoms with E-state index in [4.69, 9.17) is 5.11 Å². The number of hydrogen-bond donors (Lipinski definition) is 4. The molecule has 15 heteroatoms. The molecule has 0 bridgehead atoms. The molecule has 0 saturated carbocycles. The number of carbonyl (C=O) groups is 4. The van der Waals surface area contributed by atoms with E-state index in [0.29, 0.717) is 49.8 Å². The second-order valence-corrected chi connectivity index (χ2v) is 14.3. The van der Waals surface area contributed by atoms with Gasteiger partial charge in [0, 0.05) is 42.3 Å². The molecule has 1 aliphatic rings. The minimum absolute atomic E-state index is 0.0124. The SMILES string of the molecule is CS(=O)(=O)n1ccc(C(=O)NCC(=O)Nc2nc(-c3cccc(-c4cccc(CNC(=O)C5CCN(CCC(=O)O)CC5)c4)c3)cs2)c1. The second-order valence-electron chi connectivity index (χ2n) is 11.5. The van der Waals surface area contributed by atoms with Crippen molar-refractivity contribution in [1.82, 2.24) is 24.5 Å². The molecular formula is C33H36N6O7S2. The number of rotatable bonds is 13. The van der Waals surface area contributed by atoms with Gasteiger partial charge in [0.25, 0.3) is 5.91 Å². The molecule has 0 unspecified atom stereocenters. The number of nitrogens with one attached hydrogen (secondary N) is 3. The van der Waals surface area contributed by atoms with Crippen LogP contribution in [0, 0.1) is 5.92 Å². The van der Waals surface area contributed by atoms with Gasteiger partial charge in [-0.1, -0.05) is 36.4 Å². The number of thiazole rings is 1. The van der Waals surface area contributed by atoms with Crippen LogP contribution in [0.5, 0.6) is 0 Å². The number of carboxylic acid groups (broad SMARTS) is 1. The summed E-state index contributed by atoms with van der Waals surface area (Å²) >= 11 is 1.25. The van der Waals surface area contributed by atoms with Gasteiger partial charge in [-0.2, -0.15) is 0 Å². The maximum atomic E-state index is 12.8. The lowest BCUT2D eigenvalue weighted by molar-refractivity contribution is -0.137. The van der Waals surface area contributed by atoms with E-state index in [2.05, 4.69) is 25.8 Å². The zero-order chi connectivity index (χ0) is 34.3. The number of anilines is 1. The first kappa shape index (κ1) is 34.5. The smallest absolute Gasteiger partial charge is 0.304 e. The first-order chi connectivity index (χ1) is 22.9. The Balaban J connectivity index is 1.13. The summed E-state index contributed by atoms with van der Waals surface area (Å²) in [6, 6.07) is 17.1. The van der Waals surface area contributed by atoms with E-state index in [1.807, 2.05) is 53.9 Å². The van der Waals surface area contributed by atoms with Gasteiger partial charge in [-0.3, -0.25) is 23.2 Å². The van der Waals surface area contributed by atoms with Gasteiger partial charge in [0.15, 0.2) is 5.13 Å². The summed E-state index contributed by atoms with van der Waals surface area (Å²) < 4.78 is 24.1. The van der Waals surface area contributed by atoms with Gasteiger partial charge in [0.05, 0.1) is 30.5 Å². The van der Waals surface area contributed by atoms with E-state index < -0.39 is 27.8 Å². The molecule has 4 N–H and O–H groups in total. The number of piperidine rings is 1. The number of aromatic nitrogens is 2. The van der Waals surface area contributed by atoms with Gasteiger partial charge in [0.2, 0.25) is 21.8 Å². The Hall–Kier alpha value is -4.86. The Kier molecular flexibility index (Phi) is 11.0. The van der Waals surface area contributed by atoms with E-state index in [-0.39, 0.29) is 30.4 Å². The number of likely N-dealkylation sites (tertiary alicyclic amines) is 1. The van der Waals surface area contributed by atoms with Crippen molar-refractivity contribution in [2.45, 2.75) is 25.8 Å². The topological polar surface area (TPSA) is 180 Å². The lowest BCUT2D eigenvalue weighted by atomic mass is 9.95. The Morgan fingerprint density at radius 3 is 2.40 bits per heavy atom. The summed E-state index contributed by atoms with van der Waals surface area (Å²) in [4.78, 5) is 55.1. The molecule has 2 aromatic carbocycles. The number of aliphatic carboxylic acids is 1. The fraction of sp³-hybridized carbons (Fsp3) is 0.303. The Morgan fingerprint density at radius 2 is 1.69 bits per heavy atom. The maximum Gasteiger partial charge on any atom is 0.304 e. The van der Waals surface area contributed by atoms with Crippen molar-refractivity contribution < 1.29 is 32.7 Å². The molecule has 0 radical (unpaired) electrons. The molecule has 13 nitrogen and oxygen atoms in total. The van der Waals surface area contributed by atoms with Crippen molar-refractivity contribution in [2.75, 3.05) is 37.8 Å². The van der Waals surface area contributed by atoms with Crippen molar-refractivity contribution in [3.05, 3.63) is 83.5 Å². The van der Waals surface area contributed by atoms with Crippen LogP contribution < -0.4 is 16.0 Å². The van der Waals surface area contributed by atoms with Crippen molar-refractivity contribution in [3.8, 4) is 22.4 Å². The van der Waals surface area contributed by atoms with Crippen molar-refractivity contribution in [1.29, 1.82) is 0 Å². The zero-order valence-electron chi connectivity index (χ0n) is 26.2. The highest BCUT2D eigenvalue weighted by molar-refractivity contribution is 7.89. The van der Waals surface area contributed by atoms with E-state index >= 15 is 0 Å². The number of nitrogens with zero attached hydrogens (tertiary/aromatic N) is 3. The van der Waals surface area contributed by atoms with E-state index in [1.165, 1.54) is 29.8 Å². The highest BCUT2D eigenvalue weighted by Crippen LogP contribution is 2.29. The van der Waals surface area contributed by atoms with Crippen LogP contribution in [0.2, 0.25) is 0 Å². The predicted molar refractivity (Wildman–Crippen MR) is 182 cm³/mol. The molecule has 2 aromatic heterocycles. The minimum Gasteiger partial charge on any atom is -0.481 e. The van der Waals surface area contributed by atoms with Crippen LogP contribution >= 0.6 is 11.3 Å². The quantitative estimate of drug-likeness (QED) is 0.164. The molecule has 3 amide bonds. The van der Waals surface area contributed by atoms with Crippen molar-refractivity contribution in [2.24, 2.45) is 5.92 Å². The van der Waals surface area contributed by atoms with Crippen molar-refractivity contribution in [3.63, 3.8) is 0 Å². The van der Waals surface area contributed by atoms with Gasteiger partial charge in [-0.05, 0) is 60.8 Å². The molecule has 3 heterocycles. The maximum absolute atomic E-state index is 12.8. The van der Waals surface area contributed by atoms with E-state index in [1.54, 1.807) is 0 Å². The Bertz CT molecular complexity index is 1910. The van der Waals surface area contributed by atoms with E-state index in [9.17, 15) is 27.6 Å². The van der Waals surface area contributed by atoms with Crippen LogP contribution in [-0.2, 0) is 31.0 Å². The number of carboxylic acids is 1. The van der Waals surface area contributed by atoms with Crippen molar-refractivity contribution >= 4 is 50.2 Å². The van der Waals surface area contributed by atoms with Gasteiger partial charge >= 0.3 is 5.97 Å². The minimum atomic E-state index is -3.52. The van der Waals surface area contributed by atoms with Gasteiger partial charge < -0.3 is 26.0 Å². The molecule has 48 heavy (non-hydrogen) atoms. The average Bonchev–Trinajstić information content (AvgIpc) is 3.77. The van der Waals surface area contributed by atoms with Crippen LogP contribution in [-0.4, -0.2) is 83.5 Å². The predicted octanol–water partition coefficient (Wildman–Crippen LogP) is 3.26. The van der Waals surface area contributed by atoms with Gasteiger partial charge in [-0.25, -0.2) is 13.4 Å². The fourth-order valence-electron chi connectivity index (χ4n) is 5.33. The molecule has 5 rings (SSSR count). The summed E-state index contributed by atoms with van der Waals surface area (Å²) in [5, 5.41) is 19.3. The van der Waals surface area contributed by atoms with Crippen LogP contribution in [0.15, 0.2) is 72.4 Å². The average molecular weight is 693 g/mol. The number of hydrogen-bond acceptors (Lipinski definition) is 9. The fourth-order valence-corrected chi connectivity index (χ4v) is 6.66. The van der Waals surface area contributed by atoms with Crippen LogP contribution in [0.3, 0.4) is 0 Å². The number of benzene rings is 2. The standard InChI is InChI=1S/C33H36N6O7S2/c1-48(45,46)39-15-10-27(20-39)32(44)35-19-29(40)37-33-36-28(21-47-33)26-7-3-6-25(17-26)24-5-2-4-22(16-24)18-34-31(43)23-8-12-38(13-9-23)14-11-30(41)42/h2-7,10,15-17,20-21,23H,8-9,11-14,18-19H2,1H3,(H,34,43)(H,35,44)(H,41,42)(H,36,37,40). The highest BCUT2D eigenvalue weighted by Gasteiger charge is 2.25. The molecule has 0 atom stereocenters. The lowest BCUT2D eigenvalue weighted by Gasteiger charge is -2.30. The third kappa shape index (κ3) is 9.36. The Morgan fingerprint density at radius 1 is 0.979 bits per heavy atom. The molecule has 0 aliphatic carbocycles. The summed E-state index contributed by atoms with van der Waals surface area (Å²) in [5.41, 5.74) is 4.52. The monoisotopic (exact) mass is 692 g/mol. The molecule has 1 aliphatic heterocycles. The van der Waals surface area contributed by atoms with Gasteiger partial charge in [-0.15, -0.1) is 11.3 Å². The van der Waals surface area contributed by atoms with Crippen LogP contribution in [0.4, 0.5) is 5.13 Å².